The fraction of sp³-hybridized carbons (Fsp3) is 0.333. The highest BCUT2D eigenvalue weighted by molar-refractivity contribution is 6.02. The summed E-state index contributed by atoms with van der Waals surface area (Å²) in [4.78, 5) is 29.7. The molecule has 1 unspecified atom stereocenters. The van der Waals surface area contributed by atoms with Gasteiger partial charge in [0.2, 0.25) is 11.8 Å². The molecule has 1 saturated carbocycles. The Kier molecular flexibility index (Phi) is 8.23. The first-order chi connectivity index (χ1) is 19.5. The molecule has 1 N–H and O–H groups in total. The lowest BCUT2D eigenvalue weighted by molar-refractivity contribution is -0.127. The Labute approximate surface area is 231 Å². The lowest BCUT2D eigenvalue weighted by Crippen LogP contribution is -2.48. The largest absolute Gasteiger partial charge is 0.493 e. The highest BCUT2D eigenvalue weighted by atomic mass is 19.1. The van der Waals surface area contributed by atoms with Crippen LogP contribution < -0.4 is 19.7 Å². The molecule has 4 aromatic rings. The first-order valence-corrected chi connectivity index (χ1v) is 13.4. The Bertz CT molecular complexity index is 1500. The maximum Gasteiger partial charge on any atom is 0.249 e. The SMILES string of the molecule is COc1cccc(C(C(=O)NC2CCCCC2)N(C(=O)Cn2nnc3ccccc32)c2cccc(F)c2)c1OC. The fourth-order valence-corrected chi connectivity index (χ4v) is 5.35. The number of nitrogens with one attached hydrogen (secondary N) is 1. The summed E-state index contributed by atoms with van der Waals surface area (Å²) in [5, 5.41) is 11.5. The summed E-state index contributed by atoms with van der Waals surface area (Å²) in [6.45, 7) is -0.226. The van der Waals surface area contributed by atoms with Crippen molar-refractivity contribution in [2.24, 2.45) is 0 Å². The van der Waals surface area contributed by atoms with Gasteiger partial charge in [0.05, 0.1) is 19.7 Å². The molecule has 40 heavy (non-hydrogen) atoms. The number of benzene rings is 3. The highest BCUT2D eigenvalue weighted by Gasteiger charge is 2.37. The third kappa shape index (κ3) is 5.61. The number of halogens is 1. The molecule has 3 aromatic carbocycles. The van der Waals surface area contributed by atoms with Crippen LogP contribution in [0.25, 0.3) is 11.0 Å². The summed E-state index contributed by atoms with van der Waals surface area (Å²) in [7, 11) is 2.98. The van der Waals surface area contributed by atoms with Gasteiger partial charge in [-0.1, -0.05) is 54.8 Å². The lowest BCUT2D eigenvalue weighted by Gasteiger charge is -2.34. The van der Waals surface area contributed by atoms with Gasteiger partial charge in [-0.2, -0.15) is 0 Å². The number of hydrogen-bond donors (Lipinski definition) is 1. The van der Waals surface area contributed by atoms with E-state index < -0.39 is 17.8 Å². The van der Waals surface area contributed by atoms with E-state index in [9.17, 15) is 14.0 Å². The van der Waals surface area contributed by atoms with E-state index in [4.69, 9.17) is 9.47 Å². The van der Waals surface area contributed by atoms with Crippen LogP contribution in [0.3, 0.4) is 0 Å². The van der Waals surface area contributed by atoms with Crippen molar-refractivity contribution >= 4 is 28.5 Å². The van der Waals surface area contributed by atoms with Gasteiger partial charge < -0.3 is 14.8 Å². The zero-order valence-electron chi connectivity index (χ0n) is 22.5. The van der Waals surface area contributed by atoms with E-state index in [0.717, 1.165) is 32.1 Å². The number of ether oxygens (including phenoxy) is 2. The number of anilines is 1. The molecule has 1 fully saturated rings. The summed E-state index contributed by atoms with van der Waals surface area (Å²) in [5.41, 5.74) is 1.94. The first kappa shape index (κ1) is 27.1. The van der Waals surface area contributed by atoms with Gasteiger partial charge in [0.15, 0.2) is 11.5 Å². The molecule has 0 bridgehead atoms. The van der Waals surface area contributed by atoms with Crippen LogP contribution in [-0.2, 0) is 16.1 Å². The van der Waals surface area contributed by atoms with Gasteiger partial charge in [-0.15, -0.1) is 5.10 Å². The Morgan fingerprint density at radius 1 is 1.02 bits per heavy atom. The molecular formula is C30H32FN5O4. The van der Waals surface area contributed by atoms with Crippen molar-refractivity contribution in [3.05, 3.63) is 78.1 Å². The van der Waals surface area contributed by atoms with Crippen LogP contribution in [0.2, 0.25) is 0 Å². The maximum absolute atomic E-state index is 14.6. The molecule has 1 aliphatic rings. The molecular weight excluding hydrogens is 513 g/mol. The van der Waals surface area contributed by atoms with Gasteiger partial charge >= 0.3 is 0 Å². The Balaban J connectivity index is 1.63. The van der Waals surface area contributed by atoms with Crippen molar-refractivity contribution in [3.63, 3.8) is 0 Å². The molecule has 0 saturated heterocycles. The number of hydrogen-bond acceptors (Lipinski definition) is 6. The van der Waals surface area contributed by atoms with E-state index in [1.807, 2.05) is 18.2 Å². The monoisotopic (exact) mass is 545 g/mol. The second-order valence-electron chi connectivity index (χ2n) is 9.81. The summed E-state index contributed by atoms with van der Waals surface area (Å²) in [6, 6.07) is 16.9. The van der Waals surface area contributed by atoms with E-state index in [0.29, 0.717) is 28.1 Å². The minimum absolute atomic E-state index is 0.0240. The van der Waals surface area contributed by atoms with E-state index in [1.165, 1.54) is 42.0 Å². The number of para-hydroxylation sites is 2. The minimum Gasteiger partial charge on any atom is -0.493 e. The van der Waals surface area contributed by atoms with Crippen molar-refractivity contribution in [3.8, 4) is 11.5 Å². The van der Waals surface area contributed by atoms with Crippen LogP contribution in [0.15, 0.2) is 66.7 Å². The van der Waals surface area contributed by atoms with Crippen molar-refractivity contribution in [1.82, 2.24) is 20.3 Å². The number of amides is 2. The standard InChI is InChI=1S/C30H32FN5O4/c1-39-26-17-9-14-23(29(26)40-2)28(30(38)32-21-11-4-3-5-12-21)36(22-13-8-10-20(31)18-22)27(37)19-35-25-16-7-6-15-24(25)33-34-35/h6-10,13-18,21,28H,3-5,11-12,19H2,1-2H3,(H,32,38). The van der Waals surface area contributed by atoms with Crippen molar-refractivity contribution in [2.45, 2.75) is 50.7 Å². The second-order valence-corrected chi connectivity index (χ2v) is 9.81. The van der Waals surface area contributed by atoms with Gasteiger partial charge in [0.25, 0.3) is 0 Å². The molecule has 0 radical (unpaired) electrons. The molecule has 10 heteroatoms. The van der Waals surface area contributed by atoms with Crippen LogP contribution >= 0.6 is 0 Å². The van der Waals surface area contributed by atoms with Gasteiger partial charge in [0.1, 0.15) is 23.9 Å². The van der Waals surface area contributed by atoms with E-state index >= 15 is 0 Å². The minimum atomic E-state index is -1.18. The molecule has 9 nitrogen and oxygen atoms in total. The molecule has 0 aliphatic heterocycles. The van der Waals surface area contributed by atoms with E-state index in [1.54, 1.807) is 30.3 Å². The maximum atomic E-state index is 14.6. The number of rotatable bonds is 9. The normalized spacial score (nSPS) is 14.5. The number of carbonyl (C=O) groups excluding carboxylic acids is 2. The van der Waals surface area contributed by atoms with Crippen LogP contribution in [0, 0.1) is 5.82 Å². The number of methoxy groups -OCH3 is 2. The number of aromatic nitrogens is 3. The topological polar surface area (TPSA) is 98.6 Å². The van der Waals surface area contributed by atoms with Crippen LogP contribution in [0.1, 0.15) is 43.7 Å². The number of carbonyl (C=O) groups is 2. The molecule has 1 aliphatic carbocycles. The molecule has 5 rings (SSSR count). The predicted octanol–water partition coefficient (Wildman–Crippen LogP) is 4.81. The molecule has 1 aromatic heterocycles. The lowest BCUT2D eigenvalue weighted by atomic mass is 9.94. The average Bonchev–Trinajstić information content (AvgIpc) is 3.38. The third-order valence-corrected chi connectivity index (χ3v) is 7.25. The quantitative estimate of drug-likeness (QED) is 0.324. The van der Waals surface area contributed by atoms with Crippen molar-refractivity contribution in [1.29, 1.82) is 0 Å². The fourth-order valence-electron chi connectivity index (χ4n) is 5.35. The van der Waals surface area contributed by atoms with Gasteiger partial charge in [-0.25, -0.2) is 9.07 Å². The number of nitrogens with zero attached hydrogens (tertiary/aromatic N) is 4. The van der Waals surface area contributed by atoms with Crippen molar-refractivity contribution in [2.75, 3.05) is 19.1 Å². The molecule has 1 atom stereocenters. The van der Waals surface area contributed by atoms with Crippen LogP contribution in [-0.4, -0.2) is 47.1 Å². The van der Waals surface area contributed by atoms with E-state index in [-0.39, 0.29) is 24.2 Å². The average molecular weight is 546 g/mol. The summed E-state index contributed by atoms with van der Waals surface area (Å²) >= 11 is 0. The van der Waals surface area contributed by atoms with Crippen LogP contribution in [0.5, 0.6) is 11.5 Å². The molecule has 0 spiro atoms. The molecule has 208 valence electrons. The highest BCUT2D eigenvalue weighted by Crippen LogP contribution is 2.39. The summed E-state index contributed by atoms with van der Waals surface area (Å²) in [6.07, 6.45) is 4.87. The Morgan fingerprint density at radius 2 is 1.80 bits per heavy atom. The van der Waals surface area contributed by atoms with Gasteiger partial charge in [0, 0.05) is 17.3 Å². The molecule has 1 heterocycles. The first-order valence-electron chi connectivity index (χ1n) is 13.4. The van der Waals surface area contributed by atoms with E-state index in [2.05, 4.69) is 15.6 Å². The summed E-state index contributed by atoms with van der Waals surface area (Å²) in [5.74, 6) is -0.682. The second kappa shape index (κ2) is 12.1. The zero-order chi connectivity index (χ0) is 28.1. The van der Waals surface area contributed by atoms with Gasteiger partial charge in [-0.05, 0) is 49.2 Å². The zero-order valence-corrected chi connectivity index (χ0v) is 22.5. The number of fused-ring (bicyclic) bond motifs is 1. The van der Waals surface area contributed by atoms with Crippen molar-refractivity contribution < 1.29 is 23.5 Å². The summed E-state index contributed by atoms with van der Waals surface area (Å²) < 4.78 is 27.3. The Hall–Kier alpha value is -4.47. The van der Waals surface area contributed by atoms with Gasteiger partial charge in [-0.3, -0.25) is 14.5 Å². The Morgan fingerprint density at radius 3 is 2.55 bits per heavy atom. The smallest absolute Gasteiger partial charge is 0.249 e. The molecule has 2 amide bonds. The third-order valence-electron chi connectivity index (χ3n) is 7.25. The predicted molar refractivity (Wildman–Crippen MR) is 149 cm³/mol. The van der Waals surface area contributed by atoms with Crippen LogP contribution in [0.4, 0.5) is 10.1 Å².